The zero-order chi connectivity index (χ0) is 18.1. The smallest absolute Gasteiger partial charge is 0.227 e. The van der Waals surface area contributed by atoms with Gasteiger partial charge in [-0.3, -0.25) is 4.79 Å². The van der Waals surface area contributed by atoms with Crippen LogP contribution in [0.5, 0.6) is 0 Å². The summed E-state index contributed by atoms with van der Waals surface area (Å²) in [5, 5.41) is 0.977. The van der Waals surface area contributed by atoms with Crippen molar-refractivity contribution in [2.75, 3.05) is 6.54 Å². The number of carbonyl (C=O) groups is 1. The van der Waals surface area contributed by atoms with E-state index in [1.54, 1.807) is 12.1 Å². The lowest BCUT2D eigenvalue weighted by Crippen LogP contribution is -2.43. The summed E-state index contributed by atoms with van der Waals surface area (Å²) >= 11 is 12.1. The molecule has 0 fully saturated rings. The molecular weight excluding hydrogens is 367 g/mol. The highest BCUT2D eigenvalue weighted by Crippen LogP contribution is 2.33. The Bertz CT molecular complexity index is 936. The molecule has 132 valence electrons. The van der Waals surface area contributed by atoms with Gasteiger partial charge in [0.05, 0.1) is 22.5 Å². The van der Waals surface area contributed by atoms with Crippen LogP contribution >= 0.6 is 23.2 Å². The molecule has 0 N–H and O–H groups in total. The van der Waals surface area contributed by atoms with Crippen molar-refractivity contribution in [1.29, 1.82) is 0 Å². The lowest BCUT2D eigenvalue weighted by Gasteiger charge is -2.37. The predicted octanol–water partition coefficient (Wildman–Crippen LogP) is 4.97. The largest absolute Gasteiger partial charge is 0.348 e. The van der Waals surface area contributed by atoms with Gasteiger partial charge >= 0.3 is 0 Å². The molecule has 2 heterocycles. The topological polar surface area (TPSA) is 25.2 Å². The van der Waals surface area contributed by atoms with E-state index in [0.29, 0.717) is 23.0 Å². The van der Waals surface area contributed by atoms with Crippen molar-refractivity contribution >= 4 is 29.1 Å². The van der Waals surface area contributed by atoms with E-state index >= 15 is 0 Å². The number of hydrogen-bond acceptors (Lipinski definition) is 1. The molecule has 0 saturated heterocycles. The zero-order valence-corrected chi connectivity index (χ0v) is 15.6. The summed E-state index contributed by atoms with van der Waals surface area (Å²) in [6.45, 7) is 1.49. The van der Waals surface area contributed by atoms with Crippen LogP contribution in [0, 0.1) is 0 Å². The van der Waals surface area contributed by atoms with Gasteiger partial charge in [0.25, 0.3) is 0 Å². The lowest BCUT2D eigenvalue weighted by molar-refractivity contribution is -0.133. The van der Waals surface area contributed by atoms with Crippen molar-refractivity contribution in [3.63, 3.8) is 0 Å². The first kappa shape index (κ1) is 17.2. The third-order valence-electron chi connectivity index (χ3n) is 4.81. The monoisotopic (exact) mass is 384 g/mol. The molecule has 1 amide bonds. The second kappa shape index (κ2) is 7.18. The SMILES string of the molecule is O=C(Cc1ccc(Cl)c(Cl)c1)N1CCn2cccc2C1c1ccccc1. The Kier molecular flexibility index (Phi) is 4.75. The molecule has 0 bridgehead atoms. The van der Waals surface area contributed by atoms with E-state index in [1.807, 2.05) is 35.2 Å². The summed E-state index contributed by atoms with van der Waals surface area (Å²) in [6, 6.07) is 19.6. The van der Waals surface area contributed by atoms with Gasteiger partial charge in [0.1, 0.15) is 0 Å². The Morgan fingerprint density at radius 3 is 2.54 bits per heavy atom. The fourth-order valence-corrected chi connectivity index (χ4v) is 3.88. The average molecular weight is 385 g/mol. The van der Waals surface area contributed by atoms with Crippen LogP contribution in [-0.4, -0.2) is 21.9 Å². The second-order valence-electron chi connectivity index (χ2n) is 6.45. The number of amides is 1. The summed E-state index contributed by atoms with van der Waals surface area (Å²) in [5.41, 5.74) is 3.14. The molecule has 1 aliphatic heterocycles. The first-order valence-electron chi connectivity index (χ1n) is 8.57. The Hall–Kier alpha value is -2.23. The molecule has 0 spiro atoms. The summed E-state index contributed by atoms with van der Waals surface area (Å²) in [6.07, 6.45) is 2.38. The van der Waals surface area contributed by atoms with Gasteiger partial charge in [-0.05, 0) is 35.4 Å². The number of nitrogens with zero attached hydrogens (tertiary/aromatic N) is 2. The van der Waals surface area contributed by atoms with Crippen molar-refractivity contribution in [2.45, 2.75) is 19.0 Å². The predicted molar refractivity (Wildman–Crippen MR) is 105 cm³/mol. The van der Waals surface area contributed by atoms with E-state index in [2.05, 4.69) is 29.0 Å². The molecule has 1 unspecified atom stereocenters. The van der Waals surface area contributed by atoms with E-state index in [1.165, 1.54) is 0 Å². The summed E-state index contributed by atoms with van der Waals surface area (Å²) < 4.78 is 2.22. The molecular formula is C21H18Cl2N2O. The highest BCUT2D eigenvalue weighted by Gasteiger charge is 2.31. The van der Waals surface area contributed by atoms with Crippen molar-refractivity contribution < 1.29 is 4.79 Å². The van der Waals surface area contributed by atoms with E-state index in [0.717, 1.165) is 23.4 Å². The Balaban J connectivity index is 1.65. The number of fused-ring (bicyclic) bond motifs is 1. The summed E-state index contributed by atoms with van der Waals surface area (Å²) in [4.78, 5) is 15.1. The van der Waals surface area contributed by atoms with E-state index in [-0.39, 0.29) is 11.9 Å². The van der Waals surface area contributed by atoms with Gasteiger partial charge in [-0.2, -0.15) is 0 Å². The molecule has 1 aliphatic rings. The van der Waals surface area contributed by atoms with Gasteiger partial charge in [0.15, 0.2) is 0 Å². The van der Waals surface area contributed by atoms with Crippen LogP contribution in [0.3, 0.4) is 0 Å². The quantitative estimate of drug-likeness (QED) is 0.625. The number of halogens is 2. The fourth-order valence-electron chi connectivity index (χ4n) is 3.56. The zero-order valence-electron chi connectivity index (χ0n) is 14.1. The minimum absolute atomic E-state index is 0.0739. The molecule has 1 atom stereocenters. The molecule has 26 heavy (non-hydrogen) atoms. The molecule has 2 aromatic carbocycles. The number of aromatic nitrogens is 1. The third-order valence-corrected chi connectivity index (χ3v) is 5.55. The van der Waals surface area contributed by atoms with Gasteiger partial charge < -0.3 is 9.47 Å². The first-order valence-corrected chi connectivity index (χ1v) is 9.32. The molecule has 1 aromatic heterocycles. The van der Waals surface area contributed by atoms with Crippen LogP contribution in [0.2, 0.25) is 10.0 Å². The second-order valence-corrected chi connectivity index (χ2v) is 7.27. The minimum atomic E-state index is -0.0739. The Morgan fingerprint density at radius 2 is 1.77 bits per heavy atom. The van der Waals surface area contributed by atoms with Gasteiger partial charge in [-0.25, -0.2) is 0 Å². The summed E-state index contributed by atoms with van der Waals surface area (Å²) in [7, 11) is 0. The molecule has 5 heteroatoms. The molecule has 3 aromatic rings. The van der Waals surface area contributed by atoms with E-state index in [4.69, 9.17) is 23.2 Å². The minimum Gasteiger partial charge on any atom is -0.348 e. The van der Waals surface area contributed by atoms with E-state index in [9.17, 15) is 4.79 Å². The number of hydrogen-bond donors (Lipinski definition) is 0. The number of benzene rings is 2. The van der Waals surface area contributed by atoms with Crippen molar-refractivity contribution in [2.24, 2.45) is 0 Å². The standard InChI is InChI=1S/C21H18Cl2N2O/c22-17-9-8-15(13-18(17)23)14-20(26)25-12-11-24-10-4-7-19(24)21(25)16-5-2-1-3-6-16/h1-10,13,21H,11-12,14H2. The Labute approximate surface area is 162 Å². The van der Waals surface area contributed by atoms with Crippen LogP contribution in [0.15, 0.2) is 66.9 Å². The fraction of sp³-hybridized carbons (Fsp3) is 0.190. The molecule has 3 nitrogen and oxygen atoms in total. The maximum absolute atomic E-state index is 13.1. The average Bonchev–Trinajstić information content (AvgIpc) is 3.13. The lowest BCUT2D eigenvalue weighted by atomic mass is 9.99. The van der Waals surface area contributed by atoms with Gasteiger partial charge in [0.2, 0.25) is 5.91 Å². The van der Waals surface area contributed by atoms with Crippen molar-refractivity contribution in [3.8, 4) is 0 Å². The molecule has 0 aliphatic carbocycles. The van der Waals surface area contributed by atoms with Gasteiger partial charge in [0, 0.05) is 25.0 Å². The van der Waals surface area contributed by atoms with Crippen LogP contribution in [-0.2, 0) is 17.8 Å². The normalized spacial score (nSPS) is 16.4. The molecule has 0 saturated carbocycles. The highest BCUT2D eigenvalue weighted by molar-refractivity contribution is 6.42. The van der Waals surface area contributed by atoms with E-state index < -0.39 is 0 Å². The number of carbonyl (C=O) groups excluding carboxylic acids is 1. The maximum atomic E-state index is 13.1. The van der Waals surface area contributed by atoms with Crippen LogP contribution in [0.1, 0.15) is 22.9 Å². The van der Waals surface area contributed by atoms with Crippen LogP contribution < -0.4 is 0 Å². The van der Waals surface area contributed by atoms with Gasteiger partial charge in [-0.15, -0.1) is 0 Å². The maximum Gasteiger partial charge on any atom is 0.227 e. The molecule has 0 radical (unpaired) electrons. The van der Waals surface area contributed by atoms with Crippen LogP contribution in [0.4, 0.5) is 0 Å². The third kappa shape index (κ3) is 3.25. The first-order chi connectivity index (χ1) is 12.6. The van der Waals surface area contributed by atoms with Gasteiger partial charge in [-0.1, -0.05) is 59.6 Å². The summed E-state index contributed by atoms with van der Waals surface area (Å²) in [5.74, 6) is 0.0877. The molecule has 4 rings (SSSR count). The van der Waals surface area contributed by atoms with Crippen LogP contribution in [0.25, 0.3) is 0 Å². The number of rotatable bonds is 3. The Morgan fingerprint density at radius 1 is 0.962 bits per heavy atom. The van der Waals surface area contributed by atoms with Crippen molar-refractivity contribution in [3.05, 3.63) is 93.7 Å². The van der Waals surface area contributed by atoms with Crippen molar-refractivity contribution in [1.82, 2.24) is 9.47 Å². The highest BCUT2D eigenvalue weighted by atomic mass is 35.5.